The number of nitrogen functional groups attached to an aromatic ring is 1. The molecule has 21 heavy (non-hydrogen) atoms. The zero-order valence-electron chi connectivity index (χ0n) is 12.6. The molecule has 1 atom stereocenters. The van der Waals surface area contributed by atoms with Gasteiger partial charge in [0.15, 0.2) is 5.58 Å². The SMILES string of the molecule is CCCCCCCCCS(=O)c1nc2ccc(N)cc2o1. The van der Waals surface area contributed by atoms with E-state index in [1.807, 2.05) is 0 Å². The fourth-order valence-corrected chi connectivity index (χ4v) is 3.32. The average molecular weight is 308 g/mol. The summed E-state index contributed by atoms with van der Waals surface area (Å²) in [5.41, 5.74) is 7.65. The van der Waals surface area contributed by atoms with Crippen molar-refractivity contribution in [1.29, 1.82) is 0 Å². The molecule has 0 aliphatic carbocycles. The summed E-state index contributed by atoms with van der Waals surface area (Å²) in [7, 11) is -1.15. The average Bonchev–Trinajstić information content (AvgIpc) is 2.89. The zero-order chi connectivity index (χ0) is 15.1. The van der Waals surface area contributed by atoms with Crippen molar-refractivity contribution in [3.05, 3.63) is 18.2 Å². The van der Waals surface area contributed by atoms with Gasteiger partial charge in [0.25, 0.3) is 5.22 Å². The molecule has 116 valence electrons. The molecule has 0 saturated carbocycles. The van der Waals surface area contributed by atoms with Crippen molar-refractivity contribution < 1.29 is 8.63 Å². The van der Waals surface area contributed by atoms with Crippen LogP contribution in [0.25, 0.3) is 11.1 Å². The van der Waals surface area contributed by atoms with Gasteiger partial charge >= 0.3 is 0 Å². The van der Waals surface area contributed by atoms with E-state index in [1.165, 1.54) is 32.1 Å². The Balaban J connectivity index is 1.77. The fraction of sp³-hybridized carbons (Fsp3) is 0.562. The molecule has 1 aromatic heterocycles. The third kappa shape index (κ3) is 4.84. The first-order valence-electron chi connectivity index (χ1n) is 7.75. The van der Waals surface area contributed by atoms with Crippen LogP contribution < -0.4 is 5.73 Å². The Kier molecular flexibility index (Phi) is 6.23. The molecular formula is C16H24N2O2S. The van der Waals surface area contributed by atoms with Gasteiger partial charge in [-0.05, 0) is 18.6 Å². The molecule has 1 aromatic carbocycles. The maximum Gasteiger partial charge on any atom is 0.287 e. The van der Waals surface area contributed by atoms with Gasteiger partial charge in [0.2, 0.25) is 0 Å². The third-order valence-corrected chi connectivity index (χ3v) is 4.74. The molecule has 0 spiro atoms. The molecule has 2 rings (SSSR count). The number of oxazole rings is 1. The summed E-state index contributed by atoms with van der Waals surface area (Å²) in [6.45, 7) is 2.22. The number of fused-ring (bicyclic) bond motifs is 1. The second-order valence-corrected chi connectivity index (χ2v) is 6.83. The number of anilines is 1. The minimum Gasteiger partial charge on any atom is -0.430 e. The summed E-state index contributed by atoms with van der Waals surface area (Å²) in [5.74, 6) is 0.621. The van der Waals surface area contributed by atoms with Crippen LogP contribution in [0.4, 0.5) is 5.69 Å². The van der Waals surface area contributed by atoms with Gasteiger partial charge in [-0.3, -0.25) is 0 Å². The minimum absolute atomic E-state index is 0.321. The predicted octanol–water partition coefficient (Wildman–Crippen LogP) is 4.27. The van der Waals surface area contributed by atoms with Gasteiger partial charge in [0, 0.05) is 17.5 Å². The number of nitrogens with two attached hydrogens (primary N) is 1. The molecule has 5 heteroatoms. The van der Waals surface area contributed by atoms with Crippen molar-refractivity contribution in [3.63, 3.8) is 0 Å². The molecule has 4 nitrogen and oxygen atoms in total. The van der Waals surface area contributed by atoms with Crippen LogP contribution in [0.3, 0.4) is 0 Å². The van der Waals surface area contributed by atoms with Crippen molar-refractivity contribution in [3.8, 4) is 0 Å². The normalized spacial score (nSPS) is 12.8. The second kappa shape index (κ2) is 8.17. The summed E-state index contributed by atoms with van der Waals surface area (Å²) in [6.07, 6.45) is 8.49. The van der Waals surface area contributed by atoms with Crippen molar-refractivity contribution in [1.82, 2.24) is 4.98 Å². The number of benzene rings is 1. The molecule has 2 N–H and O–H groups in total. The highest BCUT2D eigenvalue weighted by atomic mass is 32.2. The Morgan fingerprint density at radius 2 is 1.86 bits per heavy atom. The first-order chi connectivity index (χ1) is 10.2. The van der Waals surface area contributed by atoms with E-state index in [1.54, 1.807) is 18.2 Å². The van der Waals surface area contributed by atoms with E-state index >= 15 is 0 Å². The quantitative estimate of drug-likeness (QED) is 0.555. The molecule has 0 saturated heterocycles. The van der Waals surface area contributed by atoms with Crippen molar-refractivity contribution in [2.75, 3.05) is 11.5 Å². The van der Waals surface area contributed by atoms with E-state index in [0.717, 1.165) is 12.8 Å². The number of hydrogen-bond donors (Lipinski definition) is 1. The summed E-state index contributed by atoms with van der Waals surface area (Å²) in [5, 5.41) is 0.321. The number of nitrogens with zero attached hydrogens (tertiary/aromatic N) is 1. The number of unbranched alkanes of at least 4 members (excludes halogenated alkanes) is 6. The molecule has 0 fully saturated rings. The van der Waals surface area contributed by atoms with Gasteiger partial charge in [0.1, 0.15) is 16.3 Å². The van der Waals surface area contributed by atoms with Gasteiger partial charge in [-0.25, -0.2) is 9.19 Å². The Labute approximate surface area is 128 Å². The molecule has 2 aromatic rings. The largest absolute Gasteiger partial charge is 0.430 e. The maximum atomic E-state index is 12.2. The second-order valence-electron chi connectivity index (χ2n) is 5.38. The topological polar surface area (TPSA) is 69.1 Å². The van der Waals surface area contributed by atoms with Gasteiger partial charge in [-0.1, -0.05) is 45.4 Å². The minimum atomic E-state index is -1.15. The highest BCUT2D eigenvalue weighted by Crippen LogP contribution is 2.20. The number of aromatic nitrogens is 1. The molecule has 0 amide bonds. The van der Waals surface area contributed by atoms with Crippen molar-refractivity contribution >= 4 is 27.6 Å². The van der Waals surface area contributed by atoms with Crippen LogP contribution in [0.2, 0.25) is 0 Å². The van der Waals surface area contributed by atoms with Crippen LogP contribution in [0.5, 0.6) is 0 Å². The lowest BCUT2D eigenvalue weighted by Gasteiger charge is -2.00. The first-order valence-corrected chi connectivity index (χ1v) is 9.07. The van der Waals surface area contributed by atoms with Crippen molar-refractivity contribution in [2.24, 2.45) is 0 Å². The van der Waals surface area contributed by atoms with E-state index in [9.17, 15) is 4.21 Å². The molecule has 1 unspecified atom stereocenters. The van der Waals surface area contributed by atoms with Crippen molar-refractivity contribution in [2.45, 2.75) is 57.1 Å². The van der Waals surface area contributed by atoms with Crippen LogP contribution >= 0.6 is 0 Å². The Morgan fingerprint density at radius 1 is 1.14 bits per heavy atom. The van der Waals surface area contributed by atoms with E-state index in [4.69, 9.17) is 10.2 Å². The highest BCUT2D eigenvalue weighted by molar-refractivity contribution is 7.84. The van der Waals surface area contributed by atoms with Crippen LogP contribution in [0, 0.1) is 0 Å². The molecular weight excluding hydrogens is 284 g/mol. The number of hydrogen-bond acceptors (Lipinski definition) is 4. The number of rotatable bonds is 9. The van der Waals surface area contributed by atoms with Crippen LogP contribution in [-0.4, -0.2) is 14.9 Å². The van der Waals surface area contributed by atoms with E-state index < -0.39 is 10.8 Å². The zero-order valence-corrected chi connectivity index (χ0v) is 13.5. The predicted molar refractivity (Wildman–Crippen MR) is 87.7 cm³/mol. The van der Waals surface area contributed by atoms with Gasteiger partial charge in [0.05, 0.1) is 0 Å². The summed E-state index contributed by atoms with van der Waals surface area (Å²) < 4.78 is 17.7. The van der Waals surface area contributed by atoms with Crippen LogP contribution in [0.1, 0.15) is 51.9 Å². The smallest absolute Gasteiger partial charge is 0.287 e. The molecule has 0 aliphatic rings. The van der Waals surface area contributed by atoms with Crippen LogP contribution in [0.15, 0.2) is 27.8 Å². The Hall–Kier alpha value is -1.36. The summed E-state index contributed by atoms with van der Waals surface area (Å²) in [6, 6.07) is 5.28. The third-order valence-electron chi connectivity index (χ3n) is 3.52. The van der Waals surface area contributed by atoms with Gasteiger partial charge in [-0.15, -0.1) is 0 Å². The monoisotopic (exact) mass is 308 g/mol. The lowest BCUT2D eigenvalue weighted by Crippen LogP contribution is -1.98. The summed E-state index contributed by atoms with van der Waals surface area (Å²) >= 11 is 0. The van der Waals surface area contributed by atoms with Gasteiger partial charge < -0.3 is 10.2 Å². The molecule has 0 aliphatic heterocycles. The maximum absolute atomic E-state index is 12.2. The highest BCUT2D eigenvalue weighted by Gasteiger charge is 2.12. The Bertz CT molecular complexity index is 595. The lowest BCUT2D eigenvalue weighted by molar-refractivity contribution is 0.477. The van der Waals surface area contributed by atoms with E-state index in [0.29, 0.717) is 27.8 Å². The summed E-state index contributed by atoms with van der Waals surface area (Å²) in [4.78, 5) is 4.27. The first kappa shape index (κ1) is 16.0. The van der Waals surface area contributed by atoms with E-state index in [-0.39, 0.29) is 0 Å². The van der Waals surface area contributed by atoms with Crippen LogP contribution in [-0.2, 0) is 10.8 Å². The fourth-order valence-electron chi connectivity index (χ4n) is 2.30. The Morgan fingerprint density at radius 3 is 2.62 bits per heavy atom. The molecule has 1 heterocycles. The lowest BCUT2D eigenvalue weighted by atomic mass is 10.1. The van der Waals surface area contributed by atoms with E-state index in [2.05, 4.69) is 11.9 Å². The standard InChI is InChI=1S/C16H24N2O2S/c1-2-3-4-5-6-7-8-11-21(19)16-18-14-10-9-13(17)12-15(14)20-16/h9-10,12H,2-8,11,17H2,1H3. The van der Waals surface area contributed by atoms with Gasteiger partial charge in [-0.2, -0.15) is 0 Å². The molecule has 0 bridgehead atoms. The molecule has 0 radical (unpaired) electrons.